The highest BCUT2D eigenvalue weighted by atomic mass is 16.2. The molecule has 2 atom stereocenters. The Morgan fingerprint density at radius 1 is 1.45 bits per heavy atom. The third-order valence-electron chi connectivity index (χ3n) is 4.18. The van der Waals surface area contributed by atoms with Crippen molar-refractivity contribution >= 4 is 11.9 Å². The number of carbonyl (C=O) groups excluding carboxylic acids is 1. The molecule has 0 radical (unpaired) electrons. The average molecular weight is 278 g/mol. The predicted molar refractivity (Wildman–Crippen MR) is 75.7 cm³/mol. The zero-order chi connectivity index (χ0) is 14.1. The molecule has 7 heteroatoms. The molecule has 1 aromatic rings. The van der Waals surface area contributed by atoms with Crippen molar-refractivity contribution in [2.45, 2.75) is 44.3 Å². The van der Waals surface area contributed by atoms with E-state index >= 15 is 0 Å². The van der Waals surface area contributed by atoms with Crippen molar-refractivity contribution in [3.05, 3.63) is 5.82 Å². The molecule has 3 rings (SSSR count). The van der Waals surface area contributed by atoms with Crippen molar-refractivity contribution < 1.29 is 4.79 Å². The Balaban J connectivity index is 1.61. The molecule has 2 aliphatic rings. The van der Waals surface area contributed by atoms with Crippen LogP contribution in [0.2, 0.25) is 0 Å². The van der Waals surface area contributed by atoms with Gasteiger partial charge >= 0.3 is 0 Å². The molecule has 1 amide bonds. The zero-order valence-corrected chi connectivity index (χ0v) is 12.1. The van der Waals surface area contributed by atoms with Crippen LogP contribution in [-0.2, 0) is 6.54 Å². The van der Waals surface area contributed by atoms with E-state index in [1.165, 1.54) is 0 Å². The van der Waals surface area contributed by atoms with Crippen LogP contribution in [0.4, 0.5) is 5.95 Å². The normalized spacial score (nSPS) is 25.4. The summed E-state index contributed by atoms with van der Waals surface area (Å²) in [5, 5.41) is 10.5. The van der Waals surface area contributed by atoms with E-state index in [1.807, 2.05) is 0 Å². The average Bonchev–Trinajstić information content (AvgIpc) is 3.04. The number of nitrogens with one attached hydrogen (secondary N) is 2. The zero-order valence-electron chi connectivity index (χ0n) is 12.1. The molecule has 0 unspecified atom stereocenters. The summed E-state index contributed by atoms with van der Waals surface area (Å²) >= 11 is 0. The highest BCUT2D eigenvalue weighted by molar-refractivity contribution is 5.90. The number of aromatic nitrogens is 3. The van der Waals surface area contributed by atoms with Gasteiger partial charge in [-0.25, -0.2) is 4.68 Å². The quantitative estimate of drug-likeness (QED) is 0.832. The van der Waals surface area contributed by atoms with Crippen LogP contribution >= 0.6 is 0 Å². The van der Waals surface area contributed by atoms with E-state index in [1.54, 1.807) is 4.68 Å². The Bertz CT molecular complexity index is 474. The molecule has 2 N–H and O–H groups in total. The monoisotopic (exact) mass is 278 g/mol. The molecule has 0 spiro atoms. The molecule has 0 aromatic carbocycles. The highest BCUT2D eigenvalue weighted by Gasteiger charge is 2.28. The summed E-state index contributed by atoms with van der Waals surface area (Å²) in [5.41, 5.74) is 0. The lowest BCUT2D eigenvalue weighted by Crippen LogP contribution is -2.35. The Kier molecular flexibility index (Phi) is 3.60. The first-order valence-corrected chi connectivity index (χ1v) is 7.29. The fourth-order valence-corrected chi connectivity index (χ4v) is 2.96. The highest BCUT2D eigenvalue weighted by Crippen LogP contribution is 2.22. The van der Waals surface area contributed by atoms with Crippen LogP contribution in [-0.4, -0.2) is 58.3 Å². The lowest BCUT2D eigenvalue weighted by Gasteiger charge is -2.18. The summed E-state index contributed by atoms with van der Waals surface area (Å²) in [6, 6.07) is 0.800. The number of nitrogens with zero attached hydrogens (tertiary/aromatic N) is 4. The smallest absolute Gasteiger partial charge is 0.291 e. The Labute approximate surface area is 118 Å². The van der Waals surface area contributed by atoms with Crippen molar-refractivity contribution in [1.82, 2.24) is 25.0 Å². The predicted octanol–water partition coefficient (Wildman–Crippen LogP) is 0.306. The fraction of sp³-hybridized carbons (Fsp3) is 0.769. The molecule has 1 aliphatic carbocycles. The second kappa shape index (κ2) is 5.40. The Morgan fingerprint density at radius 3 is 3.00 bits per heavy atom. The topological polar surface area (TPSA) is 75.1 Å². The maximum absolute atomic E-state index is 12.2. The molecular formula is C13H22N6O. The second-order valence-corrected chi connectivity index (χ2v) is 5.86. The maximum Gasteiger partial charge on any atom is 0.291 e. The number of aryl methyl sites for hydroxylation is 1. The van der Waals surface area contributed by atoms with Gasteiger partial charge in [0, 0.05) is 25.2 Å². The first-order valence-electron chi connectivity index (χ1n) is 7.29. The number of anilines is 1. The number of rotatable bonds is 3. The SMILES string of the molecule is CN(C)[C@H]1CC[C@@H](NC(=O)c2nc3n(n2)CCCN3)C1. The number of amides is 1. The largest absolute Gasteiger partial charge is 0.354 e. The van der Waals surface area contributed by atoms with E-state index in [2.05, 4.69) is 39.7 Å². The van der Waals surface area contributed by atoms with Gasteiger partial charge in [0.05, 0.1) is 0 Å². The summed E-state index contributed by atoms with van der Waals surface area (Å²) in [6.07, 6.45) is 4.18. The number of hydrogen-bond acceptors (Lipinski definition) is 5. The minimum atomic E-state index is -0.155. The van der Waals surface area contributed by atoms with E-state index in [-0.39, 0.29) is 17.8 Å². The summed E-state index contributed by atoms with van der Waals surface area (Å²) < 4.78 is 1.77. The van der Waals surface area contributed by atoms with Gasteiger partial charge in [0.2, 0.25) is 11.8 Å². The van der Waals surface area contributed by atoms with Crippen molar-refractivity contribution in [1.29, 1.82) is 0 Å². The second-order valence-electron chi connectivity index (χ2n) is 5.86. The Hall–Kier alpha value is -1.63. The van der Waals surface area contributed by atoms with Crippen molar-refractivity contribution in [2.75, 3.05) is 26.0 Å². The molecule has 20 heavy (non-hydrogen) atoms. The first kappa shape index (κ1) is 13.4. The van der Waals surface area contributed by atoms with Crippen molar-refractivity contribution in [3.8, 4) is 0 Å². The van der Waals surface area contributed by atoms with Gasteiger partial charge in [-0.3, -0.25) is 4.79 Å². The molecule has 110 valence electrons. The number of fused-ring (bicyclic) bond motifs is 1. The van der Waals surface area contributed by atoms with Crippen LogP contribution < -0.4 is 10.6 Å². The molecule has 1 aromatic heterocycles. The fourth-order valence-electron chi connectivity index (χ4n) is 2.96. The van der Waals surface area contributed by atoms with Gasteiger partial charge in [0.1, 0.15) is 0 Å². The summed E-state index contributed by atoms with van der Waals surface area (Å²) in [6.45, 7) is 1.72. The summed E-state index contributed by atoms with van der Waals surface area (Å²) in [4.78, 5) is 18.7. The molecular weight excluding hydrogens is 256 g/mol. The maximum atomic E-state index is 12.2. The molecule has 1 fully saturated rings. The van der Waals surface area contributed by atoms with Crippen molar-refractivity contribution in [2.24, 2.45) is 0 Å². The van der Waals surface area contributed by atoms with Crippen LogP contribution in [0.3, 0.4) is 0 Å². The van der Waals surface area contributed by atoms with E-state index in [0.717, 1.165) is 38.8 Å². The first-order chi connectivity index (χ1) is 9.63. The van der Waals surface area contributed by atoms with Crippen LogP contribution in [0.5, 0.6) is 0 Å². The van der Waals surface area contributed by atoms with E-state index in [9.17, 15) is 4.79 Å². The van der Waals surface area contributed by atoms with Gasteiger partial charge < -0.3 is 15.5 Å². The lowest BCUT2D eigenvalue weighted by atomic mass is 10.2. The van der Waals surface area contributed by atoms with Crippen LogP contribution in [0.15, 0.2) is 0 Å². The minimum absolute atomic E-state index is 0.155. The van der Waals surface area contributed by atoms with Crippen molar-refractivity contribution in [3.63, 3.8) is 0 Å². The van der Waals surface area contributed by atoms with E-state index < -0.39 is 0 Å². The van der Waals surface area contributed by atoms with Crippen LogP contribution in [0, 0.1) is 0 Å². The third kappa shape index (κ3) is 2.63. The van der Waals surface area contributed by atoms with Crippen LogP contribution in [0.1, 0.15) is 36.3 Å². The molecule has 2 heterocycles. The van der Waals surface area contributed by atoms with Gasteiger partial charge in [0.15, 0.2) is 0 Å². The molecule has 0 bridgehead atoms. The van der Waals surface area contributed by atoms with Gasteiger partial charge in [-0.2, -0.15) is 4.98 Å². The van der Waals surface area contributed by atoms with Gasteiger partial charge in [-0.1, -0.05) is 0 Å². The van der Waals surface area contributed by atoms with Crippen LogP contribution in [0.25, 0.3) is 0 Å². The number of hydrogen-bond donors (Lipinski definition) is 2. The van der Waals surface area contributed by atoms with E-state index in [4.69, 9.17) is 0 Å². The summed E-state index contributed by atoms with van der Waals surface area (Å²) in [7, 11) is 4.18. The third-order valence-corrected chi connectivity index (χ3v) is 4.18. The minimum Gasteiger partial charge on any atom is -0.354 e. The molecule has 0 saturated heterocycles. The number of carbonyl (C=O) groups is 1. The van der Waals surface area contributed by atoms with E-state index in [0.29, 0.717) is 12.0 Å². The van der Waals surface area contributed by atoms with Gasteiger partial charge in [0.25, 0.3) is 5.91 Å². The molecule has 1 saturated carbocycles. The molecule has 7 nitrogen and oxygen atoms in total. The summed E-state index contributed by atoms with van der Waals surface area (Å²) in [5.74, 6) is 0.833. The Morgan fingerprint density at radius 2 is 2.30 bits per heavy atom. The standard InChI is InChI=1S/C13H22N6O/c1-18(2)10-5-4-9(8-10)15-12(20)11-16-13-14-6-3-7-19(13)17-11/h9-10H,3-8H2,1-2H3,(H,15,20)(H,14,16,17)/t9-,10+/m1/s1. The van der Waals surface area contributed by atoms with Gasteiger partial charge in [-0.15, -0.1) is 5.10 Å². The lowest BCUT2D eigenvalue weighted by molar-refractivity contribution is 0.0925. The van der Waals surface area contributed by atoms with Gasteiger partial charge in [-0.05, 0) is 39.8 Å². The molecule has 1 aliphatic heterocycles.